The van der Waals surface area contributed by atoms with Crippen LogP contribution < -0.4 is 10.1 Å². The maximum absolute atomic E-state index is 13.6. The van der Waals surface area contributed by atoms with Crippen LogP contribution >= 0.6 is 11.8 Å². The number of pyridine rings is 1. The first kappa shape index (κ1) is 17.7. The van der Waals surface area contributed by atoms with Crippen molar-refractivity contribution in [3.63, 3.8) is 0 Å². The number of carbonyl (C=O) groups is 1. The van der Waals surface area contributed by atoms with Crippen LogP contribution in [0.2, 0.25) is 0 Å². The van der Waals surface area contributed by atoms with Gasteiger partial charge in [0.05, 0.1) is 18.4 Å². The van der Waals surface area contributed by atoms with Crippen molar-refractivity contribution in [3.8, 4) is 5.75 Å². The molecule has 0 aliphatic heterocycles. The third kappa shape index (κ3) is 3.60. The van der Waals surface area contributed by atoms with E-state index in [1.165, 1.54) is 31.0 Å². The van der Waals surface area contributed by atoms with E-state index in [1.54, 1.807) is 19.2 Å². The predicted octanol–water partition coefficient (Wildman–Crippen LogP) is 3.70. The Hall–Kier alpha value is -3.12. The number of thioether (sulfide) groups is 1. The number of amides is 1. The van der Waals surface area contributed by atoms with E-state index in [-0.39, 0.29) is 17.4 Å². The minimum atomic E-state index is -0.547. The lowest BCUT2D eigenvalue weighted by atomic mass is 10.2. The maximum Gasteiger partial charge on any atom is 0.274 e. The van der Waals surface area contributed by atoms with Gasteiger partial charge >= 0.3 is 0 Å². The number of aryl methyl sites for hydroxylation is 1. The van der Waals surface area contributed by atoms with Gasteiger partial charge in [0.2, 0.25) is 5.91 Å². The number of benzene rings is 1. The van der Waals surface area contributed by atoms with Crippen LogP contribution in [0.3, 0.4) is 0 Å². The molecule has 0 aliphatic carbocycles. The number of hydrogen-bond acceptors (Lipinski definition) is 5. The number of imidazole rings is 1. The Morgan fingerprint density at radius 3 is 3.00 bits per heavy atom. The smallest absolute Gasteiger partial charge is 0.274 e. The first-order valence-electron chi connectivity index (χ1n) is 7.50. The molecule has 0 saturated carbocycles. The van der Waals surface area contributed by atoms with E-state index in [0.29, 0.717) is 33.3 Å². The van der Waals surface area contributed by atoms with Crippen molar-refractivity contribution in [2.75, 3.05) is 18.2 Å². The molecule has 2 aromatic heterocycles. The molecule has 26 heavy (non-hydrogen) atoms. The number of halogens is 1. The fraction of sp³-hybridized carbons (Fsp3) is 0.176. The zero-order valence-electron chi connectivity index (χ0n) is 14.0. The highest BCUT2D eigenvalue weighted by molar-refractivity contribution is 7.99. The van der Waals surface area contributed by atoms with Gasteiger partial charge in [0.1, 0.15) is 11.7 Å². The van der Waals surface area contributed by atoms with Gasteiger partial charge in [-0.1, -0.05) is 18.3 Å². The molecule has 0 radical (unpaired) electrons. The summed E-state index contributed by atoms with van der Waals surface area (Å²) in [7, 11) is 1.37. The highest BCUT2D eigenvalue weighted by Crippen LogP contribution is 2.26. The second kappa shape index (κ2) is 7.41. The van der Waals surface area contributed by atoms with Gasteiger partial charge in [-0.3, -0.25) is 4.79 Å². The molecular formula is C17H14FN5O2S. The number of aromatic nitrogens is 3. The Morgan fingerprint density at radius 2 is 2.31 bits per heavy atom. The highest BCUT2D eigenvalue weighted by Gasteiger charge is 2.13. The number of nitrogens with zero attached hydrogens (tertiary/aromatic N) is 3. The quantitative estimate of drug-likeness (QED) is 0.528. The average Bonchev–Trinajstić information content (AvgIpc) is 3.05. The van der Waals surface area contributed by atoms with Crippen molar-refractivity contribution in [1.82, 2.24) is 15.0 Å². The molecule has 2 N–H and O–H groups in total. The van der Waals surface area contributed by atoms with Gasteiger partial charge in [-0.15, -0.1) is 4.98 Å². The monoisotopic (exact) mass is 371 g/mol. The van der Waals surface area contributed by atoms with E-state index in [0.717, 1.165) is 0 Å². The highest BCUT2D eigenvalue weighted by atomic mass is 32.2. The van der Waals surface area contributed by atoms with Crippen LogP contribution in [0.15, 0.2) is 29.6 Å². The van der Waals surface area contributed by atoms with E-state index in [4.69, 9.17) is 11.3 Å². The standard InChI is InChI=1S/C17H14FN5O2S/c1-9-15-12(7-20-16(9)19-2)22-17(23-15)26-8-14(24)21-10-4-5-13(25-3)11(18)6-10/h4-7H,8H2,1,3H3,(H,21,24)(H,22,23). The van der Waals surface area contributed by atoms with E-state index >= 15 is 0 Å². The predicted molar refractivity (Wildman–Crippen MR) is 97.2 cm³/mol. The van der Waals surface area contributed by atoms with E-state index in [9.17, 15) is 9.18 Å². The fourth-order valence-electron chi connectivity index (χ4n) is 2.33. The van der Waals surface area contributed by atoms with E-state index < -0.39 is 5.82 Å². The minimum absolute atomic E-state index is 0.0929. The lowest BCUT2D eigenvalue weighted by molar-refractivity contribution is -0.113. The number of rotatable bonds is 5. The van der Waals surface area contributed by atoms with Crippen LogP contribution in [0.25, 0.3) is 15.9 Å². The number of aromatic amines is 1. The summed E-state index contributed by atoms with van der Waals surface area (Å²) >= 11 is 1.21. The van der Waals surface area contributed by atoms with Crippen molar-refractivity contribution >= 4 is 40.2 Å². The molecule has 1 aromatic carbocycles. The van der Waals surface area contributed by atoms with Gasteiger partial charge in [0.15, 0.2) is 16.7 Å². The number of fused-ring (bicyclic) bond motifs is 1. The van der Waals surface area contributed by atoms with Crippen molar-refractivity contribution < 1.29 is 13.9 Å². The number of carbonyl (C=O) groups excluding carboxylic acids is 1. The summed E-state index contributed by atoms with van der Waals surface area (Å²) in [5.41, 5.74) is 2.40. The van der Waals surface area contributed by atoms with E-state index in [2.05, 4.69) is 25.1 Å². The van der Waals surface area contributed by atoms with Crippen LogP contribution in [0, 0.1) is 19.3 Å². The second-order valence-corrected chi connectivity index (χ2v) is 6.27. The first-order chi connectivity index (χ1) is 12.5. The zero-order chi connectivity index (χ0) is 18.7. The van der Waals surface area contributed by atoms with Crippen LogP contribution in [-0.2, 0) is 4.79 Å². The first-order valence-corrected chi connectivity index (χ1v) is 8.49. The second-order valence-electron chi connectivity index (χ2n) is 5.31. The molecule has 0 fully saturated rings. The third-order valence-electron chi connectivity index (χ3n) is 3.60. The maximum atomic E-state index is 13.6. The normalized spacial score (nSPS) is 10.5. The minimum Gasteiger partial charge on any atom is -0.494 e. The lowest BCUT2D eigenvalue weighted by Gasteiger charge is -2.06. The van der Waals surface area contributed by atoms with Gasteiger partial charge in [-0.25, -0.2) is 9.37 Å². The summed E-state index contributed by atoms with van der Waals surface area (Å²) in [5, 5.41) is 3.16. The zero-order valence-corrected chi connectivity index (χ0v) is 14.8. The summed E-state index contributed by atoms with van der Waals surface area (Å²) in [5.74, 6) is -0.330. The molecule has 1 amide bonds. The molecule has 7 nitrogen and oxygen atoms in total. The number of methoxy groups -OCH3 is 1. The molecule has 3 rings (SSSR count). The van der Waals surface area contributed by atoms with Gasteiger partial charge < -0.3 is 19.9 Å². The van der Waals surface area contributed by atoms with Gasteiger partial charge in [-0.05, 0) is 19.1 Å². The Morgan fingerprint density at radius 1 is 1.50 bits per heavy atom. The van der Waals surface area contributed by atoms with Crippen molar-refractivity contribution in [1.29, 1.82) is 0 Å². The number of anilines is 1. The molecule has 0 unspecified atom stereocenters. The Labute approximate surface area is 152 Å². The largest absolute Gasteiger partial charge is 0.494 e. The number of nitrogens with one attached hydrogen (secondary N) is 2. The summed E-state index contributed by atoms with van der Waals surface area (Å²) in [6.07, 6.45) is 1.55. The number of hydrogen-bond donors (Lipinski definition) is 2. The number of H-pyrrole nitrogens is 1. The summed E-state index contributed by atoms with van der Waals surface area (Å²) in [4.78, 5) is 26.9. The molecular weight excluding hydrogens is 357 g/mol. The average molecular weight is 371 g/mol. The summed E-state index contributed by atoms with van der Waals surface area (Å²) < 4.78 is 18.5. The van der Waals surface area contributed by atoms with Gasteiger partial charge in [-0.2, -0.15) is 0 Å². The van der Waals surface area contributed by atoms with Crippen LogP contribution in [0.1, 0.15) is 5.56 Å². The Bertz CT molecular complexity index is 1030. The molecule has 0 spiro atoms. The van der Waals surface area contributed by atoms with Gasteiger partial charge in [0, 0.05) is 17.3 Å². The topological polar surface area (TPSA) is 84.3 Å². The van der Waals surface area contributed by atoms with Crippen LogP contribution in [0.4, 0.5) is 15.9 Å². The van der Waals surface area contributed by atoms with Gasteiger partial charge in [0.25, 0.3) is 5.82 Å². The molecule has 2 heterocycles. The van der Waals surface area contributed by atoms with Crippen molar-refractivity contribution in [3.05, 3.63) is 47.2 Å². The fourth-order valence-corrected chi connectivity index (χ4v) is 3.01. The summed E-state index contributed by atoms with van der Waals surface area (Å²) in [6, 6.07) is 4.21. The molecule has 9 heteroatoms. The van der Waals surface area contributed by atoms with Crippen LogP contribution in [-0.4, -0.2) is 33.7 Å². The summed E-state index contributed by atoms with van der Waals surface area (Å²) in [6.45, 7) is 8.86. The van der Waals surface area contributed by atoms with Crippen molar-refractivity contribution in [2.45, 2.75) is 12.1 Å². The lowest BCUT2D eigenvalue weighted by Crippen LogP contribution is -2.14. The Kier molecular flexibility index (Phi) is 5.04. The van der Waals surface area contributed by atoms with Crippen molar-refractivity contribution in [2.24, 2.45) is 0 Å². The molecule has 0 saturated heterocycles. The van der Waals surface area contributed by atoms with E-state index in [1.807, 2.05) is 0 Å². The molecule has 0 bridgehead atoms. The molecule has 0 atom stereocenters. The molecule has 132 valence electrons. The Balaban J connectivity index is 1.66. The third-order valence-corrected chi connectivity index (χ3v) is 4.47. The molecule has 0 aliphatic rings. The van der Waals surface area contributed by atoms with Crippen LogP contribution in [0.5, 0.6) is 5.75 Å². The SMILES string of the molecule is [C-]#[N+]c1ncc2[nH]c(SCC(=O)Nc3ccc(OC)c(F)c3)nc2c1C. The number of ether oxygens (including phenoxy) is 1. The molecule has 3 aromatic rings.